The van der Waals surface area contributed by atoms with Crippen molar-refractivity contribution in [1.82, 2.24) is 9.13 Å². The second-order valence-electron chi connectivity index (χ2n) is 4.70. The fourth-order valence-corrected chi connectivity index (χ4v) is 2.19. The fourth-order valence-electron chi connectivity index (χ4n) is 2.19. The third kappa shape index (κ3) is 1.47. The Kier molecular flexibility index (Phi) is 2.62. The van der Waals surface area contributed by atoms with Gasteiger partial charge in [-0.15, -0.1) is 0 Å². The lowest BCUT2D eigenvalue weighted by Gasteiger charge is -2.07. The second kappa shape index (κ2) is 3.81. The van der Waals surface area contributed by atoms with Gasteiger partial charge in [0, 0.05) is 12.1 Å². The molecule has 0 N–H and O–H groups in total. The van der Waals surface area contributed by atoms with Crippen molar-refractivity contribution < 1.29 is 0 Å². The topological polar surface area (TPSA) is 26.9 Å². The van der Waals surface area contributed by atoms with Crippen molar-refractivity contribution in [3.63, 3.8) is 0 Å². The smallest absolute Gasteiger partial charge is 0.289 e. The standard InChI is InChI=1S/C13H18N2O/c1-9(2)14-11-7-5-6-8-12(11)15(10(3)4)13(14)16/h5-10H,1-4H3. The van der Waals surface area contributed by atoms with E-state index in [1.54, 1.807) is 0 Å². The zero-order chi connectivity index (χ0) is 11.9. The molecule has 3 heteroatoms. The fraction of sp³-hybridized carbons (Fsp3) is 0.462. The van der Waals surface area contributed by atoms with E-state index in [1.165, 1.54) is 0 Å². The summed E-state index contributed by atoms with van der Waals surface area (Å²) in [7, 11) is 0. The number of para-hydroxylation sites is 2. The number of nitrogens with zero attached hydrogens (tertiary/aromatic N) is 2. The first-order valence-corrected chi connectivity index (χ1v) is 5.75. The largest absolute Gasteiger partial charge is 0.329 e. The molecule has 0 radical (unpaired) electrons. The normalized spacial score (nSPS) is 11.9. The summed E-state index contributed by atoms with van der Waals surface area (Å²) in [5, 5.41) is 0. The molecule has 2 rings (SSSR count). The summed E-state index contributed by atoms with van der Waals surface area (Å²) in [6.45, 7) is 8.16. The number of benzene rings is 1. The van der Waals surface area contributed by atoms with Gasteiger partial charge in [0.2, 0.25) is 0 Å². The molecule has 16 heavy (non-hydrogen) atoms. The number of imidazole rings is 1. The Hall–Kier alpha value is -1.51. The van der Waals surface area contributed by atoms with Gasteiger partial charge in [-0.3, -0.25) is 9.13 Å². The summed E-state index contributed by atoms with van der Waals surface area (Å²) in [5.74, 6) is 0. The number of fused-ring (bicyclic) bond motifs is 1. The monoisotopic (exact) mass is 218 g/mol. The van der Waals surface area contributed by atoms with E-state index >= 15 is 0 Å². The predicted octanol–water partition coefficient (Wildman–Crippen LogP) is 2.96. The van der Waals surface area contributed by atoms with Gasteiger partial charge in [-0.05, 0) is 39.8 Å². The minimum atomic E-state index is 0.0891. The molecule has 1 heterocycles. The van der Waals surface area contributed by atoms with Crippen LogP contribution in [0.15, 0.2) is 29.1 Å². The number of rotatable bonds is 2. The van der Waals surface area contributed by atoms with Crippen molar-refractivity contribution in [3.05, 3.63) is 34.7 Å². The van der Waals surface area contributed by atoms with Crippen LogP contribution in [0.2, 0.25) is 0 Å². The first-order chi connectivity index (χ1) is 7.54. The van der Waals surface area contributed by atoms with E-state index in [-0.39, 0.29) is 17.8 Å². The van der Waals surface area contributed by atoms with E-state index in [9.17, 15) is 4.79 Å². The lowest BCUT2D eigenvalue weighted by atomic mass is 10.3. The van der Waals surface area contributed by atoms with Crippen molar-refractivity contribution in [2.75, 3.05) is 0 Å². The van der Waals surface area contributed by atoms with Gasteiger partial charge in [0.25, 0.3) is 0 Å². The molecule has 0 aliphatic carbocycles. The quantitative estimate of drug-likeness (QED) is 0.761. The molecule has 1 aromatic carbocycles. The minimum absolute atomic E-state index is 0.0891. The Balaban J connectivity index is 2.92. The van der Waals surface area contributed by atoms with Gasteiger partial charge in [-0.2, -0.15) is 0 Å². The summed E-state index contributed by atoms with van der Waals surface area (Å²) in [6, 6.07) is 8.36. The highest BCUT2D eigenvalue weighted by Gasteiger charge is 2.15. The number of hydrogen-bond donors (Lipinski definition) is 0. The van der Waals surface area contributed by atoms with Crippen LogP contribution in [0.3, 0.4) is 0 Å². The van der Waals surface area contributed by atoms with Gasteiger partial charge in [0.05, 0.1) is 11.0 Å². The molecule has 0 fully saturated rings. The molecule has 3 nitrogen and oxygen atoms in total. The summed E-state index contributed by atoms with van der Waals surface area (Å²) in [6.07, 6.45) is 0. The van der Waals surface area contributed by atoms with E-state index < -0.39 is 0 Å². The maximum Gasteiger partial charge on any atom is 0.329 e. The van der Waals surface area contributed by atoms with Gasteiger partial charge in [-0.25, -0.2) is 4.79 Å². The third-order valence-corrected chi connectivity index (χ3v) is 2.85. The lowest BCUT2D eigenvalue weighted by molar-refractivity contribution is 0.533. The van der Waals surface area contributed by atoms with Crippen LogP contribution in [0.1, 0.15) is 39.8 Å². The van der Waals surface area contributed by atoms with Crippen LogP contribution in [-0.4, -0.2) is 9.13 Å². The summed E-state index contributed by atoms with van der Waals surface area (Å²) < 4.78 is 3.71. The Morgan fingerprint density at radius 2 is 1.25 bits per heavy atom. The molecule has 0 aliphatic rings. The first kappa shape index (κ1) is 11.0. The molecule has 1 aromatic heterocycles. The summed E-state index contributed by atoms with van der Waals surface area (Å²) in [4.78, 5) is 12.3. The van der Waals surface area contributed by atoms with Gasteiger partial charge < -0.3 is 0 Å². The Morgan fingerprint density at radius 3 is 1.56 bits per heavy atom. The average molecular weight is 218 g/mol. The van der Waals surface area contributed by atoms with E-state index in [4.69, 9.17) is 0 Å². The molecule has 0 unspecified atom stereocenters. The molecule has 0 amide bonds. The second-order valence-corrected chi connectivity index (χ2v) is 4.70. The van der Waals surface area contributed by atoms with E-state index in [0.717, 1.165) is 11.0 Å². The van der Waals surface area contributed by atoms with Crippen LogP contribution in [0.25, 0.3) is 11.0 Å². The Morgan fingerprint density at radius 1 is 0.875 bits per heavy atom. The van der Waals surface area contributed by atoms with Crippen LogP contribution >= 0.6 is 0 Å². The van der Waals surface area contributed by atoms with E-state index in [2.05, 4.69) is 0 Å². The summed E-state index contributed by atoms with van der Waals surface area (Å²) >= 11 is 0. The first-order valence-electron chi connectivity index (χ1n) is 5.75. The Labute approximate surface area is 95.3 Å². The van der Waals surface area contributed by atoms with Crippen LogP contribution in [-0.2, 0) is 0 Å². The summed E-state index contributed by atoms with van der Waals surface area (Å²) in [5.41, 5.74) is 2.14. The van der Waals surface area contributed by atoms with Crippen LogP contribution in [0.5, 0.6) is 0 Å². The molecule has 0 aliphatic heterocycles. The maximum absolute atomic E-state index is 12.3. The molecule has 0 atom stereocenters. The molecular formula is C13H18N2O. The zero-order valence-corrected chi connectivity index (χ0v) is 10.3. The molecule has 0 saturated heterocycles. The van der Waals surface area contributed by atoms with Crippen molar-refractivity contribution in [1.29, 1.82) is 0 Å². The number of aromatic nitrogens is 2. The van der Waals surface area contributed by atoms with Crippen molar-refractivity contribution >= 4 is 11.0 Å². The maximum atomic E-state index is 12.3. The van der Waals surface area contributed by atoms with Crippen LogP contribution in [0.4, 0.5) is 0 Å². The van der Waals surface area contributed by atoms with Crippen LogP contribution in [0, 0.1) is 0 Å². The zero-order valence-electron chi connectivity index (χ0n) is 10.3. The molecule has 0 saturated carbocycles. The average Bonchev–Trinajstić information content (AvgIpc) is 2.49. The highest BCUT2D eigenvalue weighted by atomic mass is 16.1. The van der Waals surface area contributed by atoms with Gasteiger partial charge in [-0.1, -0.05) is 12.1 Å². The molecule has 2 aromatic rings. The third-order valence-electron chi connectivity index (χ3n) is 2.85. The highest BCUT2D eigenvalue weighted by molar-refractivity contribution is 5.76. The van der Waals surface area contributed by atoms with Crippen molar-refractivity contribution in [2.45, 2.75) is 39.8 Å². The predicted molar refractivity (Wildman–Crippen MR) is 67.0 cm³/mol. The van der Waals surface area contributed by atoms with E-state index in [1.807, 2.05) is 61.1 Å². The number of hydrogen-bond acceptors (Lipinski definition) is 1. The van der Waals surface area contributed by atoms with Crippen LogP contribution < -0.4 is 5.69 Å². The molecule has 0 spiro atoms. The molecular weight excluding hydrogens is 200 g/mol. The van der Waals surface area contributed by atoms with Gasteiger partial charge >= 0.3 is 5.69 Å². The Bertz CT molecular complexity index is 513. The van der Waals surface area contributed by atoms with Crippen molar-refractivity contribution in [2.24, 2.45) is 0 Å². The minimum Gasteiger partial charge on any atom is -0.289 e. The lowest BCUT2D eigenvalue weighted by Crippen LogP contribution is -2.26. The highest BCUT2D eigenvalue weighted by Crippen LogP contribution is 2.19. The molecule has 0 bridgehead atoms. The van der Waals surface area contributed by atoms with Gasteiger partial charge in [0.15, 0.2) is 0 Å². The molecule has 86 valence electrons. The van der Waals surface area contributed by atoms with Crippen molar-refractivity contribution in [3.8, 4) is 0 Å². The van der Waals surface area contributed by atoms with E-state index in [0.29, 0.717) is 0 Å². The van der Waals surface area contributed by atoms with Gasteiger partial charge in [0.1, 0.15) is 0 Å². The SMILES string of the molecule is CC(C)n1c(=O)n(C(C)C)c2ccccc21.